The lowest BCUT2D eigenvalue weighted by Gasteiger charge is -2.31. The number of carboxylic acids is 1. The first-order valence-corrected chi connectivity index (χ1v) is 6.24. The number of carboxylic acid groups (broad SMARTS) is 1. The van der Waals surface area contributed by atoms with Gasteiger partial charge in [-0.1, -0.05) is 6.07 Å². The predicted molar refractivity (Wildman–Crippen MR) is 70.2 cm³/mol. The fourth-order valence-corrected chi connectivity index (χ4v) is 2.13. The van der Waals surface area contributed by atoms with Gasteiger partial charge in [0.05, 0.1) is 17.6 Å². The van der Waals surface area contributed by atoms with E-state index < -0.39 is 11.4 Å². The molecule has 102 valence electrons. The zero-order valence-corrected chi connectivity index (χ0v) is 10.8. The molecular weight excluding hydrogens is 246 g/mol. The van der Waals surface area contributed by atoms with Crippen molar-refractivity contribution in [3.63, 3.8) is 0 Å². The van der Waals surface area contributed by atoms with Crippen LogP contribution in [0.4, 0.5) is 5.69 Å². The molecule has 0 spiro atoms. The third-order valence-electron chi connectivity index (χ3n) is 3.35. The maximum Gasteiger partial charge on any atom is 0.335 e. The maximum absolute atomic E-state index is 12.2. The molecule has 5 nitrogen and oxygen atoms in total. The van der Waals surface area contributed by atoms with E-state index in [1.807, 2.05) is 6.92 Å². The summed E-state index contributed by atoms with van der Waals surface area (Å²) in [5.41, 5.74) is 0.108. The van der Waals surface area contributed by atoms with Crippen molar-refractivity contribution in [3.8, 4) is 0 Å². The van der Waals surface area contributed by atoms with Gasteiger partial charge in [-0.25, -0.2) is 4.79 Å². The van der Waals surface area contributed by atoms with Gasteiger partial charge in [0.25, 0.3) is 0 Å². The van der Waals surface area contributed by atoms with Gasteiger partial charge in [0, 0.05) is 12.3 Å². The van der Waals surface area contributed by atoms with Gasteiger partial charge in [-0.3, -0.25) is 4.79 Å². The van der Waals surface area contributed by atoms with Crippen molar-refractivity contribution in [1.29, 1.82) is 0 Å². The van der Waals surface area contributed by atoms with Crippen molar-refractivity contribution in [2.45, 2.75) is 19.8 Å². The molecule has 19 heavy (non-hydrogen) atoms. The van der Waals surface area contributed by atoms with Crippen LogP contribution in [-0.2, 0) is 9.53 Å². The number of carbonyl (C=O) groups excluding carboxylic acids is 1. The Labute approximate surface area is 111 Å². The molecule has 2 rings (SSSR count). The standard InChI is InChI=1S/C14H17NO4/c1-14(6-3-7-19-9-14)13(18)15-11-5-2-4-10(8-11)12(16)17/h2,4-5,8H,3,6-7,9H2,1H3,(H,15,18)(H,16,17). The molecular formula is C14H17NO4. The number of anilines is 1. The second-order valence-corrected chi connectivity index (χ2v) is 5.06. The smallest absolute Gasteiger partial charge is 0.335 e. The third kappa shape index (κ3) is 3.12. The molecule has 1 aliphatic heterocycles. The van der Waals surface area contributed by atoms with E-state index in [1.165, 1.54) is 12.1 Å². The Morgan fingerprint density at radius 1 is 1.42 bits per heavy atom. The van der Waals surface area contributed by atoms with Crippen LogP contribution in [0.3, 0.4) is 0 Å². The largest absolute Gasteiger partial charge is 0.478 e. The third-order valence-corrected chi connectivity index (χ3v) is 3.35. The molecule has 1 aliphatic rings. The molecule has 1 fully saturated rings. The first kappa shape index (κ1) is 13.5. The van der Waals surface area contributed by atoms with Crippen molar-refractivity contribution in [3.05, 3.63) is 29.8 Å². The molecule has 1 saturated heterocycles. The molecule has 1 amide bonds. The van der Waals surface area contributed by atoms with Crippen LogP contribution in [-0.4, -0.2) is 30.2 Å². The lowest BCUT2D eigenvalue weighted by molar-refractivity contribution is -0.131. The maximum atomic E-state index is 12.2. The summed E-state index contributed by atoms with van der Waals surface area (Å²) in [6, 6.07) is 6.23. The molecule has 2 N–H and O–H groups in total. The topological polar surface area (TPSA) is 75.6 Å². The highest BCUT2D eigenvalue weighted by Gasteiger charge is 2.35. The van der Waals surface area contributed by atoms with Crippen LogP contribution in [0.25, 0.3) is 0 Å². The van der Waals surface area contributed by atoms with Crippen molar-refractivity contribution < 1.29 is 19.4 Å². The highest BCUT2D eigenvalue weighted by atomic mass is 16.5. The molecule has 0 radical (unpaired) electrons. The Morgan fingerprint density at radius 3 is 2.84 bits per heavy atom. The van der Waals surface area contributed by atoms with Crippen LogP contribution in [0.2, 0.25) is 0 Å². The van der Waals surface area contributed by atoms with Crippen LogP contribution in [0.15, 0.2) is 24.3 Å². The normalized spacial score (nSPS) is 22.8. The van der Waals surface area contributed by atoms with Crippen molar-refractivity contribution in [2.75, 3.05) is 18.5 Å². The Hall–Kier alpha value is -1.88. The number of rotatable bonds is 3. The Balaban J connectivity index is 2.10. The summed E-state index contributed by atoms with van der Waals surface area (Å²) in [7, 11) is 0. The molecule has 1 heterocycles. The highest BCUT2D eigenvalue weighted by Crippen LogP contribution is 2.29. The number of carbonyl (C=O) groups is 2. The number of hydrogen-bond acceptors (Lipinski definition) is 3. The predicted octanol–water partition coefficient (Wildman–Crippen LogP) is 2.14. The first-order valence-electron chi connectivity index (χ1n) is 6.24. The van der Waals surface area contributed by atoms with Gasteiger partial charge < -0.3 is 15.2 Å². The summed E-state index contributed by atoms with van der Waals surface area (Å²) in [6.07, 6.45) is 1.64. The van der Waals surface area contributed by atoms with Crippen LogP contribution < -0.4 is 5.32 Å². The van der Waals surface area contributed by atoms with E-state index in [9.17, 15) is 9.59 Å². The zero-order valence-electron chi connectivity index (χ0n) is 10.8. The average molecular weight is 263 g/mol. The van der Waals surface area contributed by atoms with E-state index in [-0.39, 0.29) is 11.5 Å². The monoisotopic (exact) mass is 263 g/mol. The number of ether oxygens (including phenoxy) is 1. The van der Waals surface area contributed by atoms with Gasteiger partial charge in [0.2, 0.25) is 5.91 Å². The summed E-state index contributed by atoms with van der Waals surface area (Å²) in [4.78, 5) is 23.1. The van der Waals surface area contributed by atoms with Crippen molar-refractivity contribution >= 4 is 17.6 Å². The molecule has 0 saturated carbocycles. The van der Waals surface area contributed by atoms with Gasteiger partial charge in [-0.2, -0.15) is 0 Å². The second-order valence-electron chi connectivity index (χ2n) is 5.06. The van der Waals surface area contributed by atoms with Gasteiger partial charge in [-0.05, 0) is 38.0 Å². The van der Waals surface area contributed by atoms with E-state index in [0.29, 0.717) is 18.9 Å². The second kappa shape index (κ2) is 5.40. The summed E-state index contributed by atoms with van der Waals surface area (Å²) in [6.45, 7) is 2.96. The van der Waals surface area contributed by atoms with Crippen molar-refractivity contribution in [2.24, 2.45) is 5.41 Å². The Bertz CT molecular complexity index is 492. The van der Waals surface area contributed by atoms with E-state index >= 15 is 0 Å². The Morgan fingerprint density at radius 2 is 2.21 bits per heavy atom. The molecule has 0 bridgehead atoms. The van der Waals surface area contributed by atoms with Gasteiger partial charge >= 0.3 is 5.97 Å². The SMILES string of the molecule is CC1(C(=O)Nc2cccc(C(=O)O)c2)CCCOC1. The molecule has 5 heteroatoms. The van der Waals surface area contributed by atoms with Crippen LogP contribution in [0.5, 0.6) is 0 Å². The van der Waals surface area contributed by atoms with Crippen LogP contribution >= 0.6 is 0 Å². The molecule has 1 atom stereocenters. The molecule has 0 aromatic heterocycles. The van der Waals surface area contributed by atoms with Gasteiger partial charge in [0.1, 0.15) is 0 Å². The summed E-state index contributed by atoms with van der Waals surface area (Å²) >= 11 is 0. The lowest BCUT2D eigenvalue weighted by atomic mass is 9.84. The number of benzene rings is 1. The molecule has 0 aliphatic carbocycles. The first-order chi connectivity index (χ1) is 9.01. The zero-order chi connectivity index (χ0) is 13.9. The number of hydrogen-bond donors (Lipinski definition) is 2. The minimum absolute atomic E-state index is 0.130. The number of aromatic carboxylic acids is 1. The Kier molecular flexibility index (Phi) is 3.85. The minimum Gasteiger partial charge on any atom is -0.478 e. The average Bonchev–Trinajstić information content (AvgIpc) is 2.40. The fourth-order valence-electron chi connectivity index (χ4n) is 2.13. The lowest BCUT2D eigenvalue weighted by Crippen LogP contribution is -2.40. The summed E-state index contributed by atoms with van der Waals surface area (Å²) in [5, 5.41) is 11.7. The van der Waals surface area contributed by atoms with Gasteiger partial charge in [-0.15, -0.1) is 0 Å². The van der Waals surface area contributed by atoms with Gasteiger partial charge in [0.15, 0.2) is 0 Å². The quantitative estimate of drug-likeness (QED) is 0.876. The van der Waals surface area contributed by atoms with E-state index in [0.717, 1.165) is 12.8 Å². The molecule has 1 unspecified atom stereocenters. The highest BCUT2D eigenvalue weighted by molar-refractivity contribution is 5.96. The molecule has 1 aromatic carbocycles. The summed E-state index contributed by atoms with van der Waals surface area (Å²) in [5.74, 6) is -1.14. The van der Waals surface area contributed by atoms with E-state index in [4.69, 9.17) is 9.84 Å². The number of nitrogens with one attached hydrogen (secondary N) is 1. The van der Waals surface area contributed by atoms with E-state index in [1.54, 1.807) is 12.1 Å². The minimum atomic E-state index is -1.01. The molecule has 1 aromatic rings. The van der Waals surface area contributed by atoms with E-state index in [2.05, 4.69) is 5.32 Å². The van der Waals surface area contributed by atoms with Crippen LogP contribution in [0.1, 0.15) is 30.1 Å². The summed E-state index contributed by atoms with van der Waals surface area (Å²) < 4.78 is 5.35. The van der Waals surface area contributed by atoms with Crippen LogP contribution in [0, 0.1) is 5.41 Å². The number of amides is 1. The van der Waals surface area contributed by atoms with Crippen molar-refractivity contribution in [1.82, 2.24) is 0 Å². The fraction of sp³-hybridized carbons (Fsp3) is 0.429.